The molecule has 25 heteroatoms. The molecule has 0 saturated carbocycles. The maximum atomic E-state index is 12.9. The van der Waals surface area contributed by atoms with E-state index >= 15 is 0 Å². The van der Waals surface area contributed by atoms with E-state index in [0.717, 1.165) is 6.92 Å². The second kappa shape index (κ2) is 20.8. The molecule has 3 rings (SSSR count). The van der Waals surface area contributed by atoms with E-state index in [9.17, 15) is 58.5 Å². The number of fused-ring (bicyclic) bond motifs is 1. The fraction of sp³-hybridized carbons (Fsp3) is 0.364. The largest absolute Gasteiger partial charge is 0.480 e. The molecule has 0 fully saturated rings. The van der Waals surface area contributed by atoms with Crippen LogP contribution in [0.25, 0.3) is 11.2 Å². The zero-order chi connectivity index (χ0) is 43.1. The van der Waals surface area contributed by atoms with E-state index in [2.05, 4.69) is 46.5 Å². The molecule has 4 amide bonds. The minimum atomic E-state index is -1.94. The Hall–Kier alpha value is -7.73. The van der Waals surface area contributed by atoms with E-state index in [1.807, 2.05) is 5.32 Å². The number of H-pyrrole nitrogens is 1. The van der Waals surface area contributed by atoms with Gasteiger partial charge in [-0.2, -0.15) is 4.98 Å². The fourth-order valence-electron chi connectivity index (χ4n) is 5.07. The van der Waals surface area contributed by atoms with Crippen LogP contribution in [0.15, 0.2) is 35.3 Å². The molecule has 310 valence electrons. The number of benzene rings is 1. The summed E-state index contributed by atoms with van der Waals surface area (Å²) in [6, 6.07) is -1.23. The summed E-state index contributed by atoms with van der Waals surface area (Å²) in [6.07, 6.45) is -1.15. The summed E-state index contributed by atoms with van der Waals surface area (Å²) in [5, 5.41) is 50.1. The molecule has 1 aromatic carbocycles. The Labute approximate surface area is 326 Å². The number of anilines is 2. The lowest BCUT2D eigenvalue weighted by atomic mass is 10.1. The Bertz CT molecular complexity index is 2130. The normalized spacial score (nSPS) is 12.8. The van der Waals surface area contributed by atoms with Crippen molar-refractivity contribution in [2.24, 2.45) is 5.73 Å². The number of hydrogen-bond acceptors (Lipinski definition) is 15. The van der Waals surface area contributed by atoms with Gasteiger partial charge in [0.1, 0.15) is 30.0 Å². The molecule has 0 aliphatic heterocycles. The number of carboxylic acids is 3. The standard InChI is InChI=1S/C33H41N13O12/c1-14(47)9-19(29(53)54)44-27(51)18(3-2-8-37-32(34)35)41-22(48)10-20(30(55)56)42-23(49)11-21(31(57)58)43-26(50)15-4-6-16(7-5-15)38-12-17-13-39-25-24(40-17)28(52)46-33(36)45-25/h4-7,13,18-21,38H,2-3,8-12H2,1H3,(H,41,48)(H,42,49)(H,43,50)(H,44,51)(H,53,54)(H,55,56)(H,57,58)(H4,34,35,37)(H3,36,39,45,46,52)/t18-,19-,20-,21-/m0/s1. The van der Waals surface area contributed by atoms with Crippen LogP contribution in [0, 0.1) is 5.41 Å². The molecule has 2 heterocycles. The number of aliphatic carboxylic acids is 3. The van der Waals surface area contributed by atoms with Crippen LogP contribution in [0.4, 0.5) is 11.6 Å². The van der Waals surface area contributed by atoms with E-state index < -0.39 is 96.3 Å². The average molecular weight is 812 g/mol. The van der Waals surface area contributed by atoms with E-state index in [1.165, 1.54) is 30.5 Å². The van der Waals surface area contributed by atoms with E-state index in [1.54, 1.807) is 0 Å². The SMILES string of the molecule is CC(=O)C[C@H](NC(=O)[C@H](CCCNC(=N)N)NC(=O)C[C@H](NC(=O)C[C@H](NC(=O)c1ccc(NCc2cnc3nc(N)[nH]c(=O)c3n2)cc1)C(=O)O)C(=O)O)C(=O)O. The molecular formula is C33H41N13O12. The van der Waals surface area contributed by atoms with Crippen LogP contribution in [0.5, 0.6) is 0 Å². The first kappa shape index (κ1) is 44.7. The van der Waals surface area contributed by atoms with E-state index in [0.29, 0.717) is 11.4 Å². The third kappa shape index (κ3) is 14.2. The highest BCUT2D eigenvalue weighted by Crippen LogP contribution is 2.12. The maximum Gasteiger partial charge on any atom is 0.326 e. The number of carbonyl (C=O) groups excluding carboxylic acids is 5. The van der Waals surface area contributed by atoms with E-state index in [-0.39, 0.29) is 54.6 Å². The lowest BCUT2D eigenvalue weighted by molar-refractivity contribution is -0.145. The predicted molar refractivity (Wildman–Crippen MR) is 200 cm³/mol. The van der Waals surface area contributed by atoms with Gasteiger partial charge in [-0.3, -0.25) is 39.2 Å². The maximum absolute atomic E-state index is 12.9. The van der Waals surface area contributed by atoms with Crippen molar-refractivity contribution in [1.29, 1.82) is 5.41 Å². The zero-order valence-corrected chi connectivity index (χ0v) is 30.7. The Morgan fingerprint density at radius 3 is 1.95 bits per heavy atom. The third-order valence-corrected chi connectivity index (χ3v) is 7.87. The van der Waals surface area contributed by atoms with Gasteiger partial charge in [0, 0.05) is 24.2 Å². The van der Waals surface area contributed by atoms with Gasteiger partial charge in [-0.25, -0.2) is 24.4 Å². The Morgan fingerprint density at radius 1 is 0.810 bits per heavy atom. The predicted octanol–water partition coefficient (Wildman–Crippen LogP) is -3.26. The van der Waals surface area contributed by atoms with Crippen molar-refractivity contribution in [3.8, 4) is 0 Å². The molecule has 0 spiro atoms. The first-order valence-electron chi connectivity index (χ1n) is 17.1. The van der Waals surface area contributed by atoms with Gasteiger partial charge in [0.05, 0.1) is 31.3 Å². The minimum absolute atomic E-state index is 0.00961. The number of guanidine groups is 1. The Kier molecular flexibility index (Phi) is 16.0. The van der Waals surface area contributed by atoms with Gasteiger partial charge >= 0.3 is 17.9 Å². The number of carboxylic acid groups (broad SMARTS) is 3. The fourth-order valence-corrected chi connectivity index (χ4v) is 5.07. The molecule has 0 aliphatic rings. The van der Waals surface area contributed by atoms with Crippen molar-refractivity contribution >= 4 is 76.1 Å². The molecule has 3 aromatic rings. The lowest BCUT2D eigenvalue weighted by Gasteiger charge is -2.22. The molecular weight excluding hydrogens is 770 g/mol. The molecule has 2 aromatic heterocycles. The third-order valence-electron chi connectivity index (χ3n) is 7.87. The summed E-state index contributed by atoms with van der Waals surface area (Å²) < 4.78 is 0. The monoisotopic (exact) mass is 811 g/mol. The summed E-state index contributed by atoms with van der Waals surface area (Å²) >= 11 is 0. The van der Waals surface area contributed by atoms with Gasteiger partial charge in [-0.05, 0) is 44.0 Å². The second-order valence-corrected chi connectivity index (χ2v) is 12.6. The number of aromatic nitrogens is 4. The van der Waals surface area contributed by atoms with Gasteiger partial charge in [0.25, 0.3) is 11.5 Å². The summed E-state index contributed by atoms with van der Waals surface area (Å²) in [4.78, 5) is 125. The number of aromatic amines is 1. The van der Waals surface area contributed by atoms with Crippen LogP contribution < -0.4 is 48.9 Å². The number of nitrogens with one attached hydrogen (secondary N) is 8. The van der Waals surface area contributed by atoms with Gasteiger partial charge in [0.2, 0.25) is 23.7 Å². The van der Waals surface area contributed by atoms with Crippen molar-refractivity contribution in [1.82, 2.24) is 46.5 Å². The Morgan fingerprint density at radius 2 is 1.38 bits per heavy atom. The van der Waals surface area contributed by atoms with Crippen molar-refractivity contribution in [3.63, 3.8) is 0 Å². The van der Waals surface area contributed by atoms with Crippen molar-refractivity contribution < 1.29 is 53.7 Å². The van der Waals surface area contributed by atoms with Crippen LogP contribution in [-0.4, -0.2) is 119 Å². The van der Waals surface area contributed by atoms with Crippen LogP contribution >= 0.6 is 0 Å². The van der Waals surface area contributed by atoms with Gasteiger partial charge in [0.15, 0.2) is 17.1 Å². The number of nitrogen functional groups attached to an aromatic ring is 1. The first-order valence-corrected chi connectivity index (χ1v) is 17.1. The van der Waals surface area contributed by atoms with Crippen molar-refractivity contribution in [2.45, 2.75) is 69.7 Å². The molecule has 0 saturated heterocycles. The van der Waals surface area contributed by atoms with Gasteiger partial charge in [-0.1, -0.05) is 0 Å². The highest BCUT2D eigenvalue weighted by molar-refractivity contribution is 5.98. The molecule has 15 N–H and O–H groups in total. The summed E-state index contributed by atoms with van der Waals surface area (Å²) in [5.74, 6) is -10.1. The van der Waals surface area contributed by atoms with Gasteiger partial charge < -0.3 is 58.7 Å². The zero-order valence-electron chi connectivity index (χ0n) is 30.7. The second-order valence-electron chi connectivity index (χ2n) is 12.6. The number of ketones is 1. The van der Waals surface area contributed by atoms with Crippen molar-refractivity contribution in [3.05, 3.63) is 52.1 Å². The topological polar surface area (TPSA) is 417 Å². The molecule has 0 bridgehead atoms. The number of Topliss-reactive ketones (excluding diaryl/α,β-unsaturated/α-hetero) is 1. The highest BCUT2D eigenvalue weighted by Gasteiger charge is 2.31. The lowest BCUT2D eigenvalue weighted by Crippen LogP contribution is -2.53. The Balaban J connectivity index is 1.59. The summed E-state index contributed by atoms with van der Waals surface area (Å²) in [5.41, 5.74) is 11.1. The number of nitrogens with zero attached hydrogens (tertiary/aromatic N) is 3. The molecule has 0 unspecified atom stereocenters. The quantitative estimate of drug-likeness (QED) is 0.0269. The molecule has 0 aliphatic carbocycles. The molecule has 0 radical (unpaired) electrons. The number of amides is 4. The number of hydrogen-bond donors (Lipinski definition) is 13. The number of rotatable bonds is 22. The smallest absolute Gasteiger partial charge is 0.326 e. The molecule has 58 heavy (non-hydrogen) atoms. The summed E-state index contributed by atoms with van der Waals surface area (Å²) in [6.45, 7) is 1.28. The van der Waals surface area contributed by atoms with Crippen LogP contribution in [0.1, 0.15) is 55.1 Å². The van der Waals surface area contributed by atoms with E-state index in [4.69, 9.17) is 16.9 Å². The highest BCUT2D eigenvalue weighted by atomic mass is 16.4. The first-order chi connectivity index (χ1) is 27.3. The van der Waals surface area contributed by atoms with Crippen LogP contribution in [0.2, 0.25) is 0 Å². The summed E-state index contributed by atoms with van der Waals surface area (Å²) in [7, 11) is 0. The number of nitrogens with two attached hydrogens (primary N) is 2. The van der Waals surface area contributed by atoms with Crippen molar-refractivity contribution in [2.75, 3.05) is 17.6 Å². The number of carbonyl (C=O) groups is 8. The van der Waals surface area contributed by atoms with Crippen LogP contribution in [-0.2, 0) is 40.1 Å². The molecule has 25 nitrogen and oxygen atoms in total. The molecule has 4 atom stereocenters. The van der Waals surface area contributed by atoms with Crippen LogP contribution in [0.3, 0.4) is 0 Å². The van der Waals surface area contributed by atoms with Gasteiger partial charge in [-0.15, -0.1) is 0 Å². The average Bonchev–Trinajstić information content (AvgIpc) is 3.14. The minimum Gasteiger partial charge on any atom is -0.480 e.